The molecule has 27 heavy (non-hydrogen) atoms. The van der Waals surface area contributed by atoms with Gasteiger partial charge in [0.15, 0.2) is 0 Å². The standard InChI is InChI=1S/C20H21F3N2O2/c21-20(22,23)16-8-4-10-25(13-16)19(27)12-24-18(26)11-15-7-3-6-14-5-1-2-9-17(14)15/h1-3,5-7,9,16H,4,8,10-13H2,(H,24,26). The van der Waals surface area contributed by atoms with Crippen molar-refractivity contribution in [1.29, 1.82) is 0 Å². The number of fused-ring (bicyclic) bond motifs is 1. The Bertz CT molecular complexity index is 830. The molecule has 2 aromatic rings. The van der Waals surface area contributed by atoms with Gasteiger partial charge in [0.25, 0.3) is 0 Å². The molecule has 3 rings (SSSR count). The smallest absolute Gasteiger partial charge is 0.347 e. The van der Waals surface area contributed by atoms with E-state index in [0.717, 1.165) is 16.3 Å². The lowest BCUT2D eigenvalue weighted by Gasteiger charge is -2.33. The second-order valence-corrected chi connectivity index (χ2v) is 6.81. The van der Waals surface area contributed by atoms with E-state index >= 15 is 0 Å². The van der Waals surface area contributed by atoms with Crippen LogP contribution in [0.3, 0.4) is 0 Å². The quantitative estimate of drug-likeness (QED) is 0.888. The minimum absolute atomic E-state index is 0.0424. The molecule has 2 amide bonds. The molecular weight excluding hydrogens is 357 g/mol. The highest BCUT2D eigenvalue weighted by atomic mass is 19.4. The molecule has 0 saturated carbocycles. The van der Waals surface area contributed by atoms with Crippen LogP contribution in [-0.4, -0.2) is 42.5 Å². The van der Waals surface area contributed by atoms with Crippen molar-refractivity contribution in [3.8, 4) is 0 Å². The molecule has 1 aliphatic rings. The van der Waals surface area contributed by atoms with E-state index in [1.54, 1.807) is 0 Å². The second-order valence-electron chi connectivity index (χ2n) is 6.81. The first-order valence-corrected chi connectivity index (χ1v) is 8.92. The van der Waals surface area contributed by atoms with Gasteiger partial charge in [0.1, 0.15) is 0 Å². The molecule has 0 bridgehead atoms. The first kappa shape index (κ1) is 19.2. The molecular formula is C20H21F3N2O2. The maximum absolute atomic E-state index is 12.9. The Labute approximate surface area is 155 Å². The van der Waals surface area contributed by atoms with Crippen LogP contribution in [0, 0.1) is 5.92 Å². The van der Waals surface area contributed by atoms with E-state index in [9.17, 15) is 22.8 Å². The molecule has 0 radical (unpaired) electrons. The highest BCUT2D eigenvalue weighted by Crippen LogP contribution is 2.33. The molecule has 144 valence electrons. The zero-order valence-electron chi connectivity index (χ0n) is 14.8. The molecule has 0 aromatic heterocycles. The van der Waals surface area contributed by atoms with Crippen LogP contribution in [0.25, 0.3) is 10.8 Å². The van der Waals surface area contributed by atoms with Gasteiger partial charge in [0, 0.05) is 13.1 Å². The van der Waals surface area contributed by atoms with E-state index in [4.69, 9.17) is 0 Å². The number of alkyl halides is 3. The Morgan fingerprint density at radius 1 is 1.11 bits per heavy atom. The number of rotatable bonds is 4. The summed E-state index contributed by atoms with van der Waals surface area (Å²) in [4.78, 5) is 25.6. The van der Waals surface area contributed by atoms with Crippen LogP contribution >= 0.6 is 0 Å². The Balaban J connectivity index is 1.55. The molecule has 1 saturated heterocycles. The topological polar surface area (TPSA) is 49.4 Å². The summed E-state index contributed by atoms with van der Waals surface area (Å²) in [6.07, 6.45) is -3.82. The number of benzene rings is 2. The van der Waals surface area contributed by atoms with Gasteiger partial charge in [0.2, 0.25) is 11.8 Å². The number of nitrogens with zero attached hydrogens (tertiary/aromatic N) is 1. The van der Waals surface area contributed by atoms with Crippen LogP contribution in [-0.2, 0) is 16.0 Å². The molecule has 7 heteroatoms. The van der Waals surface area contributed by atoms with Gasteiger partial charge >= 0.3 is 6.18 Å². The maximum Gasteiger partial charge on any atom is 0.393 e. The van der Waals surface area contributed by atoms with Gasteiger partial charge in [-0.1, -0.05) is 42.5 Å². The summed E-state index contributed by atoms with van der Waals surface area (Å²) in [6, 6.07) is 13.3. The zero-order valence-corrected chi connectivity index (χ0v) is 14.8. The van der Waals surface area contributed by atoms with Crippen LogP contribution in [0.4, 0.5) is 13.2 Å². The van der Waals surface area contributed by atoms with Crippen molar-refractivity contribution in [2.45, 2.75) is 25.4 Å². The van der Waals surface area contributed by atoms with Gasteiger partial charge < -0.3 is 10.2 Å². The lowest BCUT2D eigenvalue weighted by atomic mass is 9.97. The molecule has 1 atom stereocenters. The van der Waals surface area contributed by atoms with Crippen molar-refractivity contribution in [2.24, 2.45) is 5.92 Å². The number of carbonyl (C=O) groups is 2. The first-order chi connectivity index (χ1) is 12.8. The van der Waals surface area contributed by atoms with Gasteiger partial charge in [-0.3, -0.25) is 9.59 Å². The molecule has 0 aliphatic carbocycles. The normalized spacial score (nSPS) is 17.7. The van der Waals surface area contributed by atoms with Gasteiger partial charge in [-0.05, 0) is 29.2 Å². The van der Waals surface area contributed by atoms with Crippen LogP contribution in [0.15, 0.2) is 42.5 Å². The minimum atomic E-state index is -4.30. The molecule has 1 unspecified atom stereocenters. The predicted octanol–water partition coefficient (Wildman–Crippen LogP) is 3.30. The highest BCUT2D eigenvalue weighted by molar-refractivity contribution is 5.91. The number of hydrogen-bond acceptors (Lipinski definition) is 2. The molecule has 1 fully saturated rings. The number of likely N-dealkylation sites (tertiary alicyclic amines) is 1. The van der Waals surface area contributed by atoms with Crippen LogP contribution in [0.1, 0.15) is 18.4 Å². The van der Waals surface area contributed by atoms with Gasteiger partial charge in [0.05, 0.1) is 18.9 Å². The number of piperidine rings is 1. The number of hydrogen-bond donors (Lipinski definition) is 1. The van der Waals surface area contributed by atoms with Crippen molar-refractivity contribution in [2.75, 3.05) is 19.6 Å². The number of carbonyl (C=O) groups excluding carboxylic acids is 2. The largest absolute Gasteiger partial charge is 0.393 e. The summed E-state index contributed by atoms with van der Waals surface area (Å²) in [5.74, 6) is -2.29. The van der Waals surface area contributed by atoms with E-state index < -0.39 is 18.0 Å². The molecule has 1 heterocycles. The van der Waals surface area contributed by atoms with E-state index in [-0.39, 0.29) is 31.8 Å². The molecule has 1 N–H and O–H groups in total. The Morgan fingerprint density at radius 3 is 2.63 bits per heavy atom. The van der Waals surface area contributed by atoms with Crippen molar-refractivity contribution in [3.05, 3.63) is 48.0 Å². The van der Waals surface area contributed by atoms with Crippen LogP contribution < -0.4 is 5.32 Å². The first-order valence-electron chi connectivity index (χ1n) is 8.92. The van der Waals surface area contributed by atoms with Crippen molar-refractivity contribution < 1.29 is 22.8 Å². The molecule has 1 aliphatic heterocycles. The fraction of sp³-hybridized carbons (Fsp3) is 0.400. The third-order valence-corrected chi connectivity index (χ3v) is 4.90. The Morgan fingerprint density at radius 2 is 1.85 bits per heavy atom. The van der Waals surface area contributed by atoms with Crippen molar-refractivity contribution in [1.82, 2.24) is 10.2 Å². The van der Waals surface area contributed by atoms with Crippen LogP contribution in [0.5, 0.6) is 0 Å². The van der Waals surface area contributed by atoms with Gasteiger partial charge in [-0.25, -0.2) is 0 Å². The molecule has 0 spiro atoms. The summed E-state index contributed by atoms with van der Waals surface area (Å²) in [5.41, 5.74) is 0.841. The summed E-state index contributed by atoms with van der Waals surface area (Å²) >= 11 is 0. The lowest BCUT2D eigenvalue weighted by molar-refractivity contribution is -0.188. The lowest BCUT2D eigenvalue weighted by Crippen LogP contribution is -2.48. The summed E-state index contributed by atoms with van der Waals surface area (Å²) in [5, 5.41) is 4.52. The Kier molecular flexibility index (Phi) is 5.68. The minimum Gasteiger partial charge on any atom is -0.347 e. The van der Waals surface area contributed by atoms with Crippen molar-refractivity contribution in [3.63, 3.8) is 0 Å². The summed E-state index contributed by atoms with van der Waals surface area (Å²) in [6.45, 7) is -0.319. The van der Waals surface area contributed by atoms with E-state index in [1.165, 1.54) is 4.90 Å². The fourth-order valence-electron chi connectivity index (χ4n) is 3.44. The van der Waals surface area contributed by atoms with E-state index in [0.29, 0.717) is 13.0 Å². The fourth-order valence-corrected chi connectivity index (χ4v) is 3.44. The average molecular weight is 378 g/mol. The highest BCUT2D eigenvalue weighted by Gasteiger charge is 2.42. The Hall–Kier alpha value is -2.57. The zero-order chi connectivity index (χ0) is 19.4. The monoisotopic (exact) mass is 378 g/mol. The van der Waals surface area contributed by atoms with Gasteiger partial charge in [-0.2, -0.15) is 13.2 Å². The van der Waals surface area contributed by atoms with E-state index in [2.05, 4.69) is 5.32 Å². The molecule has 4 nitrogen and oxygen atoms in total. The summed E-state index contributed by atoms with van der Waals surface area (Å²) in [7, 11) is 0. The third kappa shape index (κ3) is 4.78. The number of amides is 2. The summed E-state index contributed by atoms with van der Waals surface area (Å²) < 4.78 is 38.6. The van der Waals surface area contributed by atoms with E-state index in [1.807, 2.05) is 42.5 Å². The second kappa shape index (κ2) is 7.98. The van der Waals surface area contributed by atoms with Crippen molar-refractivity contribution >= 4 is 22.6 Å². The number of halogens is 3. The maximum atomic E-state index is 12.9. The van der Waals surface area contributed by atoms with Gasteiger partial charge in [-0.15, -0.1) is 0 Å². The SMILES string of the molecule is O=C(Cc1cccc2ccccc12)NCC(=O)N1CCCC(C(F)(F)F)C1. The predicted molar refractivity (Wildman–Crippen MR) is 96.0 cm³/mol. The molecule has 2 aromatic carbocycles. The number of nitrogens with one attached hydrogen (secondary N) is 1. The third-order valence-electron chi connectivity index (χ3n) is 4.90. The average Bonchev–Trinajstić information content (AvgIpc) is 2.66. The van der Waals surface area contributed by atoms with Crippen LogP contribution in [0.2, 0.25) is 0 Å².